The average Bonchev–Trinajstić information content (AvgIpc) is 2.67. The molecular weight excluding hydrogens is 337 g/mol. The van der Waals surface area contributed by atoms with E-state index in [9.17, 15) is 0 Å². The third-order valence-corrected chi connectivity index (χ3v) is 4.73. The molecule has 2 atom stereocenters. The zero-order valence-electron chi connectivity index (χ0n) is 11.6. The third-order valence-electron chi connectivity index (χ3n) is 3.66. The van der Waals surface area contributed by atoms with Crippen molar-refractivity contribution in [2.45, 2.75) is 58.3 Å². The lowest BCUT2D eigenvalue weighted by Crippen LogP contribution is -2.20. The van der Waals surface area contributed by atoms with Gasteiger partial charge in [0.05, 0.1) is 9.26 Å². The van der Waals surface area contributed by atoms with E-state index in [1.807, 2.05) is 0 Å². The summed E-state index contributed by atoms with van der Waals surface area (Å²) in [6.07, 6.45) is 3.68. The van der Waals surface area contributed by atoms with E-state index >= 15 is 0 Å². The molecule has 0 radical (unpaired) electrons. The number of nitrogens with zero attached hydrogens (tertiary/aromatic N) is 2. The van der Waals surface area contributed by atoms with Crippen molar-refractivity contribution < 1.29 is 0 Å². The van der Waals surface area contributed by atoms with Crippen molar-refractivity contribution in [3.05, 3.63) is 15.1 Å². The largest absolute Gasteiger partial charge is 0.383 e. The number of aromatic nitrogens is 2. The van der Waals surface area contributed by atoms with Crippen molar-refractivity contribution in [1.29, 1.82) is 0 Å². The van der Waals surface area contributed by atoms with Crippen LogP contribution in [0.2, 0.25) is 0 Å². The van der Waals surface area contributed by atoms with Crippen molar-refractivity contribution in [3.8, 4) is 0 Å². The average molecular weight is 359 g/mol. The van der Waals surface area contributed by atoms with E-state index in [-0.39, 0.29) is 5.41 Å². The van der Waals surface area contributed by atoms with Gasteiger partial charge in [0, 0.05) is 11.3 Å². The van der Waals surface area contributed by atoms with Crippen LogP contribution in [-0.4, -0.2) is 9.97 Å². The Bertz CT molecular complexity index is 451. The smallest absolute Gasteiger partial charge is 0.140 e. The van der Waals surface area contributed by atoms with E-state index in [2.05, 4.69) is 55.3 Å². The Balaban J connectivity index is 2.41. The number of halogens is 1. The van der Waals surface area contributed by atoms with Crippen LogP contribution >= 0.6 is 22.6 Å². The van der Waals surface area contributed by atoms with E-state index in [1.54, 1.807) is 0 Å². The molecule has 4 heteroatoms. The summed E-state index contributed by atoms with van der Waals surface area (Å²) in [6, 6.07) is 0. The van der Waals surface area contributed by atoms with Gasteiger partial charge in [-0.2, -0.15) is 0 Å². The first-order valence-corrected chi connectivity index (χ1v) is 7.70. The standard InChI is InChI=1S/C14H22IN3/c1-8-5-6-9(7-8)13-17-11(14(2,3)4)10(15)12(16)18-13/h8-9H,5-7H2,1-4H3,(H2,16,17,18). The monoisotopic (exact) mass is 359 g/mol. The molecule has 100 valence electrons. The third kappa shape index (κ3) is 2.78. The fraction of sp³-hybridized carbons (Fsp3) is 0.714. The summed E-state index contributed by atoms with van der Waals surface area (Å²) in [5, 5.41) is 0. The molecule has 1 fully saturated rings. The van der Waals surface area contributed by atoms with Gasteiger partial charge in [0.2, 0.25) is 0 Å². The summed E-state index contributed by atoms with van der Waals surface area (Å²) in [7, 11) is 0. The van der Waals surface area contributed by atoms with Gasteiger partial charge in [-0.05, 0) is 47.8 Å². The number of hydrogen-bond acceptors (Lipinski definition) is 3. The summed E-state index contributed by atoms with van der Waals surface area (Å²) < 4.78 is 1.01. The number of anilines is 1. The lowest BCUT2D eigenvalue weighted by atomic mass is 9.91. The molecule has 0 saturated heterocycles. The summed E-state index contributed by atoms with van der Waals surface area (Å²) in [5.41, 5.74) is 7.17. The minimum Gasteiger partial charge on any atom is -0.383 e. The maximum absolute atomic E-state index is 6.06. The van der Waals surface area contributed by atoms with Crippen LogP contribution in [0, 0.1) is 9.49 Å². The van der Waals surface area contributed by atoms with Crippen LogP contribution in [-0.2, 0) is 5.41 Å². The summed E-state index contributed by atoms with van der Waals surface area (Å²) >= 11 is 2.26. The molecule has 2 N–H and O–H groups in total. The highest BCUT2D eigenvalue weighted by atomic mass is 127. The van der Waals surface area contributed by atoms with E-state index in [0.29, 0.717) is 11.7 Å². The lowest BCUT2D eigenvalue weighted by Gasteiger charge is -2.22. The highest BCUT2D eigenvalue weighted by molar-refractivity contribution is 14.1. The predicted molar refractivity (Wildman–Crippen MR) is 83.6 cm³/mol. The van der Waals surface area contributed by atoms with Crippen molar-refractivity contribution in [2.75, 3.05) is 5.73 Å². The lowest BCUT2D eigenvalue weighted by molar-refractivity contribution is 0.542. The van der Waals surface area contributed by atoms with Crippen LogP contribution in [0.15, 0.2) is 0 Å². The molecule has 1 aromatic rings. The highest BCUT2D eigenvalue weighted by Crippen LogP contribution is 2.38. The van der Waals surface area contributed by atoms with Crippen LogP contribution in [0.4, 0.5) is 5.82 Å². The quantitative estimate of drug-likeness (QED) is 0.775. The molecule has 3 nitrogen and oxygen atoms in total. The van der Waals surface area contributed by atoms with Crippen molar-refractivity contribution in [1.82, 2.24) is 9.97 Å². The Kier molecular flexibility index (Phi) is 3.85. The summed E-state index contributed by atoms with van der Waals surface area (Å²) in [4.78, 5) is 9.34. The van der Waals surface area contributed by atoms with E-state index in [4.69, 9.17) is 10.7 Å². The van der Waals surface area contributed by atoms with E-state index in [0.717, 1.165) is 21.0 Å². The van der Waals surface area contributed by atoms with Gasteiger partial charge in [-0.15, -0.1) is 0 Å². The molecule has 1 heterocycles. The maximum Gasteiger partial charge on any atom is 0.140 e. The van der Waals surface area contributed by atoms with Gasteiger partial charge < -0.3 is 5.73 Å². The molecule has 18 heavy (non-hydrogen) atoms. The van der Waals surface area contributed by atoms with Crippen LogP contribution in [0.5, 0.6) is 0 Å². The first-order valence-electron chi connectivity index (χ1n) is 6.62. The van der Waals surface area contributed by atoms with Gasteiger partial charge in [-0.1, -0.05) is 27.7 Å². The minimum atomic E-state index is 0.0204. The highest BCUT2D eigenvalue weighted by Gasteiger charge is 2.28. The Morgan fingerprint density at radius 3 is 2.39 bits per heavy atom. The molecule has 0 aromatic carbocycles. The summed E-state index contributed by atoms with van der Waals surface area (Å²) in [6.45, 7) is 8.84. The second-order valence-electron chi connectivity index (χ2n) is 6.49. The Morgan fingerprint density at radius 2 is 1.89 bits per heavy atom. The SMILES string of the molecule is CC1CCC(c2nc(N)c(I)c(C(C)(C)C)n2)C1. The zero-order chi connectivity index (χ0) is 13.5. The number of rotatable bonds is 1. The van der Waals surface area contributed by atoms with Gasteiger partial charge in [0.25, 0.3) is 0 Å². The van der Waals surface area contributed by atoms with Crippen molar-refractivity contribution >= 4 is 28.4 Å². The van der Waals surface area contributed by atoms with Gasteiger partial charge >= 0.3 is 0 Å². The first kappa shape index (κ1) is 14.0. The topological polar surface area (TPSA) is 51.8 Å². The minimum absolute atomic E-state index is 0.0204. The predicted octanol–water partition coefficient (Wildman–Crippen LogP) is 3.86. The Labute approximate surface area is 123 Å². The first-order chi connectivity index (χ1) is 8.29. The molecule has 1 aliphatic carbocycles. The maximum atomic E-state index is 6.06. The molecule has 0 bridgehead atoms. The molecular formula is C14H22IN3. The van der Waals surface area contributed by atoms with Crippen molar-refractivity contribution in [3.63, 3.8) is 0 Å². The van der Waals surface area contributed by atoms with E-state index in [1.165, 1.54) is 19.3 Å². The normalized spacial score (nSPS) is 24.5. The molecule has 2 rings (SSSR count). The Morgan fingerprint density at radius 1 is 1.22 bits per heavy atom. The van der Waals surface area contributed by atoms with Crippen LogP contribution in [0.1, 0.15) is 64.4 Å². The van der Waals surface area contributed by atoms with Crippen LogP contribution in [0.25, 0.3) is 0 Å². The van der Waals surface area contributed by atoms with Gasteiger partial charge in [0.1, 0.15) is 11.6 Å². The fourth-order valence-electron chi connectivity index (χ4n) is 2.60. The van der Waals surface area contributed by atoms with Crippen LogP contribution < -0.4 is 5.73 Å². The second kappa shape index (κ2) is 4.94. The molecule has 1 aromatic heterocycles. The molecule has 0 amide bonds. The number of hydrogen-bond donors (Lipinski definition) is 1. The van der Waals surface area contributed by atoms with Gasteiger partial charge in [-0.3, -0.25) is 0 Å². The van der Waals surface area contributed by atoms with E-state index < -0.39 is 0 Å². The summed E-state index contributed by atoms with van der Waals surface area (Å²) in [5.74, 6) is 2.89. The Hall–Kier alpha value is -0.390. The van der Waals surface area contributed by atoms with Crippen LogP contribution in [0.3, 0.4) is 0 Å². The van der Waals surface area contributed by atoms with Gasteiger partial charge in [-0.25, -0.2) is 9.97 Å². The fourth-order valence-corrected chi connectivity index (χ4v) is 3.65. The number of nitrogens with two attached hydrogens (primary N) is 1. The molecule has 0 spiro atoms. The molecule has 1 saturated carbocycles. The van der Waals surface area contributed by atoms with Gasteiger partial charge in [0.15, 0.2) is 0 Å². The molecule has 0 aliphatic heterocycles. The molecule has 1 aliphatic rings. The second-order valence-corrected chi connectivity index (χ2v) is 7.57. The molecule has 2 unspecified atom stereocenters. The zero-order valence-corrected chi connectivity index (χ0v) is 13.8. The van der Waals surface area contributed by atoms with Crippen molar-refractivity contribution in [2.24, 2.45) is 5.92 Å². The number of nitrogen functional groups attached to an aromatic ring is 1.